The van der Waals surface area contributed by atoms with Gasteiger partial charge in [-0.3, -0.25) is 4.79 Å². The second-order valence-electron chi connectivity index (χ2n) is 4.19. The zero-order valence-electron chi connectivity index (χ0n) is 10.3. The monoisotopic (exact) mass is 334 g/mol. The van der Waals surface area contributed by atoms with Crippen molar-refractivity contribution in [2.24, 2.45) is 0 Å². The number of anilines is 1. The van der Waals surface area contributed by atoms with E-state index in [1.54, 1.807) is 11.8 Å². The summed E-state index contributed by atoms with van der Waals surface area (Å²) in [6.07, 6.45) is 0. The number of aromatic carboxylic acids is 1. The number of hydrogen-bond acceptors (Lipinski definition) is 4. The number of halogens is 2. The van der Waals surface area contributed by atoms with E-state index in [-0.39, 0.29) is 33.2 Å². The summed E-state index contributed by atoms with van der Waals surface area (Å²) in [5, 5.41) is 14.8. The third kappa shape index (κ3) is 3.58. The van der Waals surface area contributed by atoms with Gasteiger partial charge in [-0.2, -0.15) is 11.8 Å². The van der Waals surface area contributed by atoms with Gasteiger partial charge in [0.1, 0.15) is 0 Å². The maximum Gasteiger partial charge on any atom is 0.335 e. The number of rotatable bonds is 3. The molecule has 1 saturated heterocycles. The molecule has 108 valence electrons. The quantitative estimate of drug-likeness (QED) is 0.790. The molecule has 3 N–H and O–H groups in total. The highest BCUT2D eigenvalue weighted by Gasteiger charge is 2.23. The summed E-state index contributed by atoms with van der Waals surface area (Å²) in [4.78, 5) is 22.9. The molecule has 1 unspecified atom stereocenters. The van der Waals surface area contributed by atoms with Crippen molar-refractivity contribution >= 4 is 52.5 Å². The molecule has 1 fully saturated rings. The second-order valence-corrected chi connectivity index (χ2v) is 6.16. The van der Waals surface area contributed by atoms with Crippen LogP contribution in [0.3, 0.4) is 0 Å². The number of nitrogens with one attached hydrogen (secondary N) is 2. The molecule has 1 aliphatic heterocycles. The van der Waals surface area contributed by atoms with Gasteiger partial charge >= 0.3 is 5.97 Å². The summed E-state index contributed by atoms with van der Waals surface area (Å²) in [5.74, 6) is 0.286. The van der Waals surface area contributed by atoms with Crippen LogP contribution in [0.4, 0.5) is 5.69 Å². The summed E-state index contributed by atoms with van der Waals surface area (Å²) in [5.41, 5.74) is 0.213. The van der Waals surface area contributed by atoms with Crippen LogP contribution in [0.1, 0.15) is 10.4 Å². The topological polar surface area (TPSA) is 78.4 Å². The molecular formula is C12H12Cl2N2O3S. The molecule has 1 heterocycles. The lowest BCUT2D eigenvalue weighted by atomic mass is 10.2. The van der Waals surface area contributed by atoms with Gasteiger partial charge in [-0.15, -0.1) is 0 Å². The van der Waals surface area contributed by atoms with Crippen molar-refractivity contribution < 1.29 is 14.7 Å². The third-order valence-electron chi connectivity index (χ3n) is 2.78. The molecule has 1 aliphatic rings. The number of hydrogen-bond donors (Lipinski definition) is 3. The Hall–Kier alpha value is -0.950. The van der Waals surface area contributed by atoms with Crippen LogP contribution in [0, 0.1) is 0 Å². The van der Waals surface area contributed by atoms with E-state index in [9.17, 15) is 9.59 Å². The lowest BCUT2D eigenvalue weighted by molar-refractivity contribution is -0.117. The minimum absolute atomic E-state index is 0.0238. The summed E-state index contributed by atoms with van der Waals surface area (Å²) in [7, 11) is 0. The van der Waals surface area contributed by atoms with Gasteiger partial charge in [-0.05, 0) is 12.1 Å². The number of carboxylic acid groups (broad SMARTS) is 1. The normalized spacial score (nSPS) is 18.6. The van der Waals surface area contributed by atoms with Gasteiger partial charge in [0, 0.05) is 18.1 Å². The molecule has 5 nitrogen and oxygen atoms in total. The standard InChI is InChI=1S/C12H12Cl2N2O3S/c13-7-3-6(12(18)19)4-8(14)10(7)16-11(17)9-5-20-2-1-15-9/h3-4,9,15H,1-2,5H2,(H,16,17)(H,18,19). The number of amides is 1. The zero-order valence-corrected chi connectivity index (χ0v) is 12.6. The highest BCUT2D eigenvalue weighted by molar-refractivity contribution is 7.99. The Morgan fingerprint density at radius 1 is 1.35 bits per heavy atom. The Morgan fingerprint density at radius 3 is 2.50 bits per heavy atom. The first-order chi connectivity index (χ1) is 9.49. The average Bonchev–Trinajstić information content (AvgIpc) is 2.43. The number of benzene rings is 1. The minimum Gasteiger partial charge on any atom is -0.478 e. The van der Waals surface area contributed by atoms with Crippen molar-refractivity contribution in [1.29, 1.82) is 0 Å². The van der Waals surface area contributed by atoms with Gasteiger partial charge in [0.2, 0.25) is 5.91 Å². The highest BCUT2D eigenvalue weighted by Crippen LogP contribution is 2.32. The molecule has 1 atom stereocenters. The molecule has 1 aromatic rings. The van der Waals surface area contributed by atoms with Gasteiger partial charge in [0.15, 0.2) is 0 Å². The summed E-state index contributed by atoms with van der Waals surface area (Å²) < 4.78 is 0. The van der Waals surface area contributed by atoms with Crippen molar-refractivity contribution in [1.82, 2.24) is 5.32 Å². The first-order valence-electron chi connectivity index (χ1n) is 5.83. The van der Waals surface area contributed by atoms with Crippen LogP contribution in [0.2, 0.25) is 10.0 Å². The summed E-state index contributed by atoms with van der Waals surface area (Å²) >= 11 is 13.6. The highest BCUT2D eigenvalue weighted by atomic mass is 35.5. The van der Waals surface area contributed by atoms with E-state index in [4.69, 9.17) is 28.3 Å². The van der Waals surface area contributed by atoms with Crippen LogP contribution in [-0.2, 0) is 4.79 Å². The third-order valence-corrected chi connectivity index (χ3v) is 4.43. The molecular weight excluding hydrogens is 323 g/mol. The van der Waals surface area contributed by atoms with E-state index in [1.165, 1.54) is 12.1 Å². The minimum atomic E-state index is -1.13. The Labute approximate surface area is 130 Å². The lowest BCUT2D eigenvalue weighted by Crippen LogP contribution is -2.46. The summed E-state index contributed by atoms with van der Waals surface area (Å²) in [6, 6.07) is 2.21. The van der Waals surface area contributed by atoms with Crippen LogP contribution >= 0.6 is 35.0 Å². The Bertz CT molecular complexity index is 524. The molecule has 2 rings (SSSR count). The van der Waals surface area contributed by atoms with Gasteiger partial charge in [0.25, 0.3) is 0 Å². The maximum atomic E-state index is 12.1. The van der Waals surface area contributed by atoms with Crippen LogP contribution in [-0.4, -0.2) is 41.1 Å². The van der Waals surface area contributed by atoms with Crippen molar-refractivity contribution in [3.63, 3.8) is 0 Å². The summed E-state index contributed by atoms with van der Waals surface area (Å²) in [6.45, 7) is 0.766. The lowest BCUT2D eigenvalue weighted by Gasteiger charge is -2.22. The molecule has 0 bridgehead atoms. The number of carbonyl (C=O) groups excluding carboxylic acids is 1. The van der Waals surface area contributed by atoms with E-state index >= 15 is 0 Å². The number of carboxylic acids is 1. The predicted molar refractivity (Wildman–Crippen MR) is 81.2 cm³/mol. The fourth-order valence-electron chi connectivity index (χ4n) is 1.76. The molecule has 0 radical (unpaired) electrons. The maximum absolute atomic E-state index is 12.1. The largest absolute Gasteiger partial charge is 0.478 e. The predicted octanol–water partition coefficient (Wildman–Crippen LogP) is 2.34. The van der Waals surface area contributed by atoms with Crippen molar-refractivity contribution in [2.45, 2.75) is 6.04 Å². The van der Waals surface area contributed by atoms with Crippen LogP contribution < -0.4 is 10.6 Å². The first kappa shape index (κ1) is 15.4. The fourth-order valence-corrected chi connectivity index (χ4v) is 3.28. The van der Waals surface area contributed by atoms with E-state index in [0.717, 1.165) is 12.3 Å². The van der Waals surface area contributed by atoms with Crippen LogP contribution in [0.15, 0.2) is 12.1 Å². The van der Waals surface area contributed by atoms with E-state index in [0.29, 0.717) is 5.75 Å². The van der Waals surface area contributed by atoms with Gasteiger partial charge in [-0.1, -0.05) is 23.2 Å². The molecule has 1 aromatic carbocycles. The van der Waals surface area contributed by atoms with E-state index in [1.807, 2.05) is 0 Å². The van der Waals surface area contributed by atoms with Gasteiger partial charge in [0.05, 0.1) is 27.3 Å². The zero-order chi connectivity index (χ0) is 14.7. The van der Waals surface area contributed by atoms with Crippen LogP contribution in [0.25, 0.3) is 0 Å². The Morgan fingerprint density at radius 2 is 2.00 bits per heavy atom. The van der Waals surface area contributed by atoms with Crippen molar-refractivity contribution in [3.8, 4) is 0 Å². The molecule has 0 aliphatic carbocycles. The number of carbonyl (C=O) groups is 2. The smallest absolute Gasteiger partial charge is 0.335 e. The fraction of sp³-hybridized carbons (Fsp3) is 0.333. The van der Waals surface area contributed by atoms with E-state index < -0.39 is 5.97 Å². The number of thioether (sulfide) groups is 1. The Balaban J connectivity index is 2.16. The molecule has 0 spiro atoms. The first-order valence-corrected chi connectivity index (χ1v) is 7.74. The molecule has 1 amide bonds. The van der Waals surface area contributed by atoms with Crippen molar-refractivity contribution in [2.75, 3.05) is 23.4 Å². The second kappa shape index (κ2) is 6.67. The van der Waals surface area contributed by atoms with E-state index in [2.05, 4.69) is 10.6 Å². The van der Waals surface area contributed by atoms with Crippen molar-refractivity contribution in [3.05, 3.63) is 27.7 Å². The molecule has 20 heavy (non-hydrogen) atoms. The van der Waals surface area contributed by atoms with Gasteiger partial charge in [-0.25, -0.2) is 4.79 Å². The molecule has 8 heteroatoms. The Kier molecular flexibility index (Phi) is 5.15. The molecule has 0 saturated carbocycles. The van der Waals surface area contributed by atoms with Gasteiger partial charge < -0.3 is 15.7 Å². The molecule has 0 aromatic heterocycles. The average molecular weight is 335 g/mol. The van der Waals surface area contributed by atoms with Crippen LogP contribution in [0.5, 0.6) is 0 Å². The SMILES string of the molecule is O=C(O)c1cc(Cl)c(NC(=O)C2CSCCN2)c(Cl)c1.